The van der Waals surface area contributed by atoms with Crippen molar-refractivity contribution in [2.24, 2.45) is 5.73 Å². The smallest absolute Gasteiger partial charge is 0.220 e. The first-order chi connectivity index (χ1) is 7.95. The van der Waals surface area contributed by atoms with Gasteiger partial charge in [-0.05, 0) is 19.1 Å². The summed E-state index contributed by atoms with van der Waals surface area (Å²) in [5.41, 5.74) is 6.34. The Balaban J connectivity index is 2.97. The predicted molar refractivity (Wildman–Crippen MR) is 62.5 cm³/mol. The van der Waals surface area contributed by atoms with Gasteiger partial charge in [-0.2, -0.15) is 0 Å². The second-order valence-electron chi connectivity index (χ2n) is 3.93. The fourth-order valence-corrected chi connectivity index (χ4v) is 1.61. The van der Waals surface area contributed by atoms with Crippen molar-refractivity contribution >= 4 is 5.91 Å². The summed E-state index contributed by atoms with van der Waals surface area (Å²) in [5, 5.41) is 19.6. The van der Waals surface area contributed by atoms with Gasteiger partial charge in [-0.15, -0.1) is 0 Å². The Morgan fingerprint density at radius 3 is 2.65 bits per heavy atom. The summed E-state index contributed by atoms with van der Waals surface area (Å²) in [6.45, 7) is 1.86. The van der Waals surface area contributed by atoms with E-state index in [0.29, 0.717) is 11.3 Å². The van der Waals surface area contributed by atoms with Gasteiger partial charge in [0, 0.05) is 5.56 Å². The Bertz CT molecular complexity index is 405. The van der Waals surface area contributed by atoms with Gasteiger partial charge in [0.1, 0.15) is 11.9 Å². The zero-order chi connectivity index (χ0) is 13.0. The van der Waals surface area contributed by atoms with Crippen molar-refractivity contribution in [2.45, 2.75) is 25.6 Å². The van der Waals surface area contributed by atoms with E-state index in [0.717, 1.165) is 5.56 Å². The maximum Gasteiger partial charge on any atom is 0.220 e. The van der Waals surface area contributed by atoms with E-state index in [9.17, 15) is 15.0 Å². The molecule has 0 radical (unpaired) electrons. The average Bonchev–Trinajstić information content (AvgIpc) is 2.27. The molecule has 0 saturated carbocycles. The van der Waals surface area contributed by atoms with Crippen LogP contribution < -0.4 is 10.5 Å². The van der Waals surface area contributed by atoms with Gasteiger partial charge in [-0.3, -0.25) is 4.79 Å². The molecule has 2 unspecified atom stereocenters. The van der Waals surface area contributed by atoms with Crippen molar-refractivity contribution in [1.82, 2.24) is 0 Å². The summed E-state index contributed by atoms with van der Waals surface area (Å²) in [5.74, 6) is -0.199. The Hall–Kier alpha value is -1.59. The van der Waals surface area contributed by atoms with Crippen molar-refractivity contribution in [3.63, 3.8) is 0 Å². The number of carbonyl (C=O) groups is 1. The molecule has 0 aliphatic carbocycles. The molecule has 0 saturated heterocycles. The largest absolute Gasteiger partial charge is 0.496 e. The monoisotopic (exact) mass is 239 g/mol. The number of aliphatic hydroxyl groups excluding tert-OH is 2. The minimum absolute atomic E-state index is 0.293. The highest BCUT2D eigenvalue weighted by Crippen LogP contribution is 2.29. The quantitative estimate of drug-likeness (QED) is 0.687. The van der Waals surface area contributed by atoms with E-state index in [2.05, 4.69) is 0 Å². The molecule has 0 aliphatic heterocycles. The molecule has 2 atom stereocenters. The van der Waals surface area contributed by atoms with E-state index in [1.807, 2.05) is 13.0 Å². The second-order valence-corrected chi connectivity index (χ2v) is 3.93. The molecule has 0 aliphatic rings. The molecule has 0 spiro atoms. The number of methoxy groups -OCH3 is 1. The lowest BCUT2D eigenvalue weighted by atomic mass is 9.99. The van der Waals surface area contributed by atoms with Gasteiger partial charge < -0.3 is 20.7 Å². The zero-order valence-electron chi connectivity index (χ0n) is 9.88. The van der Waals surface area contributed by atoms with Gasteiger partial charge in [-0.25, -0.2) is 0 Å². The number of rotatable bonds is 5. The van der Waals surface area contributed by atoms with E-state index in [-0.39, 0.29) is 6.42 Å². The van der Waals surface area contributed by atoms with Crippen LogP contribution in [0, 0.1) is 6.92 Å². The number of hydrogen-bond acceptors (Lipinski definition) is 4. The molecule has 0 heterocycles. The Morgan fingerprint density at radius 2 is 2.12 bits per heavy atom. The summed E-state index contributed by atoms with van der Waals surface area (Å²) in [7, 11) is 1.47. The molecule has 5 heteroatoms. The number of aryl methyl sites for hydroxylation is 1. The molecule has 1 rings (SSSR count). The van der Waals surface area contributed by atoms with Gasteiger partial charge >= 0.3 is 0 Å². The molecular formula is C12H17NO4. The highest BCUT2D eigenvalue weighted by molar-refractivity contribution is 5.74. The number of benzene rings is 1. The summed E-state index contributed by atoms with van der Waals surface area (Å²) in [6.07, 6.45) is -2.72. The summed E-state index contributed by atoms with van der Waals surface area (Å²) in [4.78, 5) is 10.7. The van der Waals surface area contributed by atoms with Gasteiger partial charge in [0.25, 0.3) is 0 Å². The van der Waals surface area contributed by atoms with Crippen LogP contribution in [0.25, 0.3) is 0 Å². The summed E-state index contributed by atoms with van der Waals surface area (Å²) < 4.78 is 5.09. The molecule has 0 fully saturated rings. The number of ether oxygens (including phenoxy) is 1. The molecule has 1 amide bonds. The minimum Gasteiger partial charge on any atom is -0.496 e. The first kappa shape index (κ1) is 13.5. The molecule has 17 heavy (non-hydrogen) atoms. The number of carbonyl (C=O) groups excluding carboxylic acids is 1. The van der Waals surface area contributed by atoms with Crippen molar-refractivity contribution in [1.29, 1.82) is 0 Å². The first-order valence-electron chi connectivity index (χ1n) is 5.24. The lowest BCUT2D eigenvalue weighted by Crippen LogP contribution is -2.26. The van der Waals surface area contributed by atoms with E-state index in [1.54, 1.807) is 12.1 Å². The SMILES string of the molecule is COc1ccc(C)cc1C(O)C(O)CC(N)=O. The molecule has 1 aromatic carbocycles. The van der Waals surface area contributed by atoms with E-state index >= 15 is 0 Å². The molecule has 94 valence electrons. The Morgan fingerprint density at radius 1 is 1.47 bits per heavy atom. The van der Waals surface area contributed by atoms with Crippen LogP contribution in [0.1, 0.15) is 23.7 Å². The molecule has 0 aromatic heterocycles. The number of hydrogen-bond donors (Lipinski definition) is 3. The lowest BCUT2D eigenvalue weighted by molar-refractivity contribution is -0.121. The summed E-state index contributed by atoms with van der Waals surface area (Å²) in [6, 6.07) is 5.23. The van der Waals surface area contributed by atoms with Gasteiger partial charge in [0.15, 0.2) is 0 Å². The van der Waals surface area contributed by atoms with E-state index < -0.39 is 18.1 Å². The Kier molecular flexibility index (Phi) is 4.48. The lowest BCUT2D eigenvalue weighted by Gasteiger charge is -2.19. The normalized spacial score (nSPS) is 14.1. The van der Waals surface area contributed by atoms with Crippen LogP contribution in [-0.4, -0.2) is 29.3 Å². The predicted octanol–water partition coefficient (Wildman–Crippen LogP) is 0.273. The topological polar surface area (TPSA) is 92.8 Å². The van der Waals surface area contributed by atoms with Crippen LogP contribution in [0.4, 0.5) is 0 Å². The average molecular weight is 239 g/mol. The van der Waals surface area contributed by atoms with Crippen molar-refractivity contribution in [3.8, 4) is 5.75 Å². The summed E-state index contributed by atoms with van der Waals surface area (Å²) >= 11 is 0. The number of primary amides is 1. The fourth-order valence-electron chi connectivity index (χ4n) is 1.61. The first-order valence-corrected chi connectivity index (χ1v) is 5.24. The highest BCUT2D eigenvalue weighted by atomic mass is 16.5. The fraction of sp³-hybridized carbons (Fsp3) is 0.417. The number of nitrogens with two attached hydrogens (primary N) is 1. The van der Waals surface area contributed by atoms with Crippen LogP contribution in [0.3, 0.4) is 0 Å². The van der Waals surface area contributed by atoms with Gasteiger partial charge in [-0.1, -0.05) is 11.6 Å². The highest BCUT2D eigenvalue weighted by Gasteiger charge is 2.23. The van der Waals surface area contributed by atoms with Crippen LogP contribution in [-0.2, 0) is 4.79 Å². The number of amides is 1. The third-order valence-corrected chi connectivity index (χ3v) is 2.48. The van der Waals surface area contributed by atoms with E-state index in [4.69, 9.17) is 10.5 Å². The zero-order valence-corrected chi connectivity index (χ0v) is 9.88. The van der Waals surface area contributed by atoms with Crippen LogP contribution in [0.5, 0.6) is 5.75 Å². The van der Waals surface area contributed by atoms with Crippen molar-refractivity contribution in [2.75, 3.05) is 7.11 Å². The molecular weight excluding hydrogens is 222 g/mol. The maximum absolute atomic E-state index is 10.7. The second kappa shape index (κ2) is 5.65. The molecule has 4 N–H and O–H groups in total. The van der Waals surface area contributed by atoms with E-state index in [1.165, 1.54) is 7.11 Å². The maximum atomic E-state index is 10.7. The third kappa shape index (κ3) is 3.44. The van der Waals surface area contributed by atoms with Crippen LogP contribution in [0.15, 0.2) is 18.2 Å². The Labute approximate surface area is 99.8 Å². The minimum atomic E-state index is -1.23. The number of aliphatic hydroxyl groups is 2. The standard InChI is InChI=1S/C12H17NO4/c1-7-3-4-10(17-2)8(5-7)12(16)9(14)6-11(13)15/h3-5,9,12,14,16H,6H2,1-2H3,(H2,13,15). The van der Waals surface area contributed by atoms with Crippen molar-refractivity contribution < 1.29 is 19.7 Å². The van der Waals surface area contributed by atoms with Gasteiger partial charge in [0.2, 0.25) is 5.91 Å². The van der Waals surface area contributed by atoms with Crippen LogP contribution >= 0.6 is 0 Å². The van der Waals surface area contributed by atoms with Crippen molar-refractivity contribution in [3.05, 3.63) is 29.3 Å². The van der Waals surface area contributed by atoms with Crippen LogP contribution in [0.2, 0.25) is 0 Å². The molecule has 5 nitrogen and oxygen atoms in total. The molecule has 0 bridgehead atoms. The third-order valence-electron chi connectivity index (χ3n) is 2.48. The molecule has 1 aromatic rings. The van der Waals surface area contributed by atoms with Gasteiger partial charge in [0.05, 0.1) is 19.6 Å².